The number of pyridine rings is 1. The monoisotopic (exact) mass is 395 g/mol. The topological polar surface area (TPSA) is 82.5 Å². The molecule has 6 nitrogen and oxygen atoms in total. The number of halogens is 1. The molecule has 2 aliphatic rings. The van der Waals surface area contributed by atoms with Crippen LogP contribution in [0.3, 0.4) is 0 Å². The molecular formula is C18H22ClN3O3S. The van der Waals surface area contributed by atoms with Crippen LogP contribution >= 0.6 is 11.6 Å². The van der Waals surface area contributed by atoms with E-state index < -0.39 is 10.1 Å². The van der Waals surface area contributed by atoms with Crippen molar-refractivity contribution < 1.29 is 13.0 Å². The molecule has 8 heteroatoms. The molecule has 2 bridgehead atoms. The summed E-state index contributed by atoms with van der Waals surface area (Å²) in [6.45, 7) is 6.05. The van der Waals surface area contributed by atoms with Crippen molar-refractivity contribution in [2.24, 2.45) is 0 Å². The van der Waals surface area contributed by atoms with Crippen molar-refractivity contribution in [1.29, 1.82) is 0 Å². The Hall–Kier alpha value is -1.67. The summed E-state index contributed by atoms with van der Waals surface area (Å²) in [5, 5.41) is 4.11. The summed E-state index contributed by atoms with van der Waals surface area (Å²) in [5.41, 5.74) is 3.23. The molecule has 1 aromatic carbocycles. The van der Waals surface area contributed by atoms with Crippen molar-refractivity contribution in [3.8, 4) is 0 Å². The molecule has 2 saturated heterocycles. The number of hydrogen-bond acceptors (Lipinski definition) is 5. The number of aromatic nitrogens is 1. The summed E-state index contributed by atoms with van der Waals surface area (Å²) in [6.07, 6.45) is 3.15. The Kier molecular flexibility index (Phi) is 5.53. The van der Waals surface area contributed by atoms with E-state index >= 15 is 0 Å². The van der Waals surface area contributed by atoms with Gasteiger partial charge in [-0.05, 0) is 44.0 Å². The van der Waals surface area contributed by atoms with Crippen LogP contribution in [0.2, 0.25) is 5.15 Å². The lowest BCUT2D eigenvalue weighted by Crippen LogP contribution is -2.43. The van der Waals surface area contributed by atoms with Crippen molar-refractivity contribution >= 4 is 27.4 Å². The maximum Gasteiger partial charge on any atom is 0.294 e. The Balaban J connectivity index is 0.000000160. The van der Waals surface area contributed by atoms with Crippen LogP contribution < -0.4 is 10.2 Å². The number of anilines is 1. The molecule has 4 rings (SSSR count). The number of piperazine rings is 1. The molecule has 2 aliphatic heterocycles. The highest BCUT2D eigenvalue weighted by atomic mass is 35.5. The van der Waals surface area contributed by atoms with Gasteiger partial charge < -0.3 is 10.2 Å². The molecule has 0 saturated carbocycles. The molecule has 140 valence electrons. The smallest absolute Gasteiger partial charge is 0.294 e. The number of aryl methyl sites for hydroxylation is 2. The van der Waals surface area contributed by atoms with Crippen LogP contribution in [0.15, 0.2) is 41.4 Å². The van der Waals surface area contributed by atoms with Crippen molar-refractivity contribution in [2.45, 2.75) is 37.2 Å². The molecule has 1 aromatic heterocycles. The predicted octanol–water partition coefficient (Wildman–Crippen LogP) is 2.84. The lowest BCUT2D eigenvalue weighted by atomic mass is 10.2. The van der Waals surface area contributed by atoms with E-state index in [9.17, 15) is 8.42 Å². The van der Waals surface area contributed by atoms with Crippen molar-refractivity contribution in [1.82, 2.24) is 10.3 Å². The second-order valence-corrected chi connectivity index (χ2v) is 8.52. The molecule has 2 fully saturated rings. The third-order valence-corrected chi connectivity index (χ3v) is 5.97. The number of fused-ring (bicyclic) bond motifs is 2. The Labute approximate surface area is 158 Å². The Morgan fingerprint density at radius 3 is 2.46 bits per heavy atom. The Bertz CT molecular complexity index is 887. The van der Waals surface area contributed by atoms with Gasteiger partial charge in [-0.15, -0.1) is 0 Å². The van der Waals surface area contributed by atoms with Crippen LogP contribution in [-0.4, -0.2) is 43.1 Å². The summed E-state index contributed by atoms with van der Waals surface area (Å²) in [5.74, 6) is 0. The van der Waals surface area contributed by atoms with E-state index in [1.54, 1.807) is 12.1 Å². The Morgan fingerprint density at radius 2 is 1.96 bits per heavy atom. The average molecular weight is 396 g/mol. The SMILES string of the molecule is Cc1cc(N2C[C@H]3C[C@@H]2CN3)cnc1Cl.Cc1ccc(S(=O)(=O)O)cc1. The van der Waals surface area contributed by atoms with Gasteiger partial charge in [-0.1, -0.05) is 29.3 Å². The van der Waals surface area contributed by atoms with Gasteiger partial charge in [0.15, 0.2) is 0 Å². The van der Waals surface area contributed by atoms with Gasteiger partial charge in [-0.2, -0.15) is 8.42 Å². The Morgan fingerprint density at radius 1 is 1.27 bits per heavy atom. The van der Waals surface area contributed by atoms with Gasteiger partial charge >= 0.3 is 0 Å². The second kappa shape index (κ2) is 7.52. The van der Waals surface area contributed by atoms with E-state index in [1.165, 1.54) is 24.2 Å². The van der Waals surface area contributed by atoms with E-state index in [4.69, 9.17) is 16.2 Å². The fraction of sp³-hybridized carbons (Fsp3) is 0.389. The van der Waals surface area contributed by atoms with Crippen molar-refractivity contribution in [3.05, 3.63) is 52.8 Å². The molecule has 2 N–H and O–H groups in total. The minimum Gasteiger partial charge on any atom is -0.364 e. The molecule has 26 heavy (non-hydrogen) atoms. The van der Waals surface area contributed by atoms with Gasteiger partial charge in [0.25, 0.3) is 10.1 Å². The lowest BCUT2D eigenvalue weighted by molar-refractivity contribution is 0.483. The summed E-state index contributed by atoms with van der Waals surface area (Å²) in [4.78, 5) is 6.59. The summed E-state index contributed by atoms with van der Waals surface area (Å²) in [6, 6.07) is 9.45. The molecule has 0 spiro atoms. The first kappa shape index (κ1) is 19.1. The first-order valence-electron chi connectivity index (χ1n) is 8.40. The summed E-state index contributed by atoms with van der Waals surface area (Å²) < 4.78 is 29.6. The molecule has 0 amide bonds. The number of rotatable bonds is 2. The van der Waals surface area contributed by atoms with Gasteiger partial charge in [0.2, 0.25) is 0 Å². The summed E-state index contributed by atoms with van der Waals surface area (Å²) in [7, 11) is -4.02. The largest absolute Gasteiger partial charge is 0.364 e. The fourth-order valence-corrected chi connectivity index (χ4v) is 3.87. The number of hydrogen-bond donors (Lipinski definition) is 2. The highest BCUT2D eigenvalue weighted by Crippen LogP contribution is 2.30. The standard InChI is InChI=1S/C11H14ClN3.C7H8O3S/c1-7-2-9(5-14-11(7)12)15-6-8-3-10(15)4-13-8;1-6-2-4-7(5-3-6)11(8,9)10/h2,5,8,10,13H,3-4,6H2,1H3;2-5H,1H3,(H,8,9,10)/t8-,10-;/m1./s1. The zero-order valence-electron chi connectivity index (χ0n) is 14.7. The number of nitrogens with one attached hydrogen (secondary N) is 1. The van der Waals surface area contributed by atoms with Crippen LogP contribution in [-0.2, 0) is 10.1 Å². The quantitative estimate of drug-likeness (QED) is 0.601. The molecule has 2 aromatic rings. The van der Waals surface area contributed by atoms with E-state index in [2.05, 4.69) is 21.3 Å². The highest BCUT2D eigenvalue weighted by molar-refractivity contribution is 7.85. The highest BCUT2D eigenvalue weighted by Gasteiger charge is 2.37. The van der Waals surface area contributed by atoms with Gasteiger partial charge in [-0.25, -0.2) is 4.98 Å². The fourth-order valence-electron chi connectivity index (χ4n) is 3.29. The van der Waals surface area contributed by atoms with Gasteiger partial charge in [0, 0.05) is 25.2 Å². The van der Waals surface area contributed by atoms with E-state index in [1.807, 2.05) is 20.0 Å². The van der Waals surface area contributed by atoms with Crippen LogP contribution in [0, 0.1) is 13.8 Å². The third-order valence-electron chi connectivity index (χ3n) is 4.71. The van der Waals surface area contributed by atoms with Crippen molar-refractivity contribution in [3.63, 3.8) is 0 Å². The number of benzene rings is 1. The van der Waals surface area contributed by atoms with Crippen LogP contribution in [0.25, 0.3) is 0 Å². The molecule has 2 atom stereocenters. The second-order valence-electron chi connectivity index (χ2n) is 6.74. The average Bonchev–Trinajstić information content (AvgIpc) is 3.21. The minimum absolute atomic E-state index is 0.0666. The van der Waals surface area contributed by atoms with Crippen molar-refractivity contribution in [2.75, 3.05) is 18.0 Å². The maximum atomic E-state index is 10.5. The van der Waals surface area contributed by atoms with Crippen LogP contribution in [0.1, 0.15) is 17.5 Å². The van der Waals surface area contributed by atoms with Gasteiger partial charge in [0.1, 0.15) is 5.15 Å². The maximum absolute atomic E-state index is 10.5. The van der Waals surface area contributed by atoms with Crippen LogP contribution in [0.4, 0.5) is 5.69 Å². The first-order chi connectivity index (χ1) is 12.2. The normalized spacial score (nSPS) is 21.5. The lowest BCUT2D eigenvalue weighted by Gasteiger charge is -2.29. The van der Waals surface area contributed by atoms with Crippen LogP contribution in [0.5, 0.6) is 0 Å². The van der Waals surface area contributed by atoms with E-state index in [0.29, 0.717) is 17.2 Å². The van der Waals surface area contributed by atoms with Gasteiger partial charge in [0.05, 0.1) is 16.8 Å². The van der Waals surface area contributed by atoms with E-state index in [-0.39, 0.29) is 4.90 Å². The summed E-state index contributed by atoms with van der Waals surface area (Å²) >= 11 is 5.92. The minimum atomic E-state index is -4.02. The number of nitrogens with zero attached hydrogens (tertiary/aromatic N) is 2. The molecule has 0 unspecified atom stereocenters. The zero-order valence-corrected chi connectivity index (χ0v) is 16.3. The predicted molar refractivity (Wildman–Crippen MR) is 103 cm³/mol. The molecule has 0 aliphatic carbocycles. The van der Waals surface area contributed by atoms with E-state index in [0.717, 1.165) is 24.2 Å². The third kappa shape index (κ3) is 4.35. The zero-order chi connectivity index (χ0) is 18.9. The first-order valence-corrected chi connectivity index (χ1v) is 10.2. The molecule has 0 radical (unpaired) electrons. The van der Waals surface area contributed by atoms with Gasteiger partial charge in [-0.3, -0.25) is 4.55 Å². The molecular weight excluding hydrogens is 374 g/mol. The molecule has 3 heterocycles.